The smallest absolute Gasteiger partial charge is 0.339 e. The third-order valence-electron chi connectivity index (χ3n) is 3.13. The second-order valence-corrected chi connectivity index (χ2v) is 6.89. The standard InChI is InChI=1S/C15H16ClNO5S/c1-21-15(18)13-10-12(6-7-14(13)16)23(19,20)17-8-2-4-11-5-3-9-22-11/h3,5-7,9-10,17H,2,4,8H2,1H3. The van der Waals surface area contributed by atoms with E-state index in [1.807, 2.05) is 6.07 Å². The molecule has 2 rings (SSSR count). The second-order valence-electron chi connectivity index (χ2n) is 4.71. The average Bonchev–Trinajstić information content (AvgIpc) is 3.04. The SMILES string of the molecule is COC(=O)c1cc(S(=O)(=O)NCCCc2ccco2)ccc1Cl. The molecule has 0 fully saturated rings. The topological polar surface area (TPSA) is 85.6 Å². The lowest BCUT2D eigenvalue weighted by atomic mass is 10.2. The minimum absolute atomic E-state index is 0.00706. The lowest BCUT2D eigenvalue weighted by Gasteiger charge is -2.08. The van der Waals surface area contributed by atoms with Gasteiger partial charge in [-0.15, -0.1) is 0 Å². The molecule has 0 bridgehead atoms. The predicted molar refractivity (Wildman–Crippen MR) is 85.0 cm³/mol. The molecule has 1 aromatic heterocycles. The Labute approximate surface area is 139 Å². The zero-order chi connectivity index (χ0) is 16.9. The molecule has 0 aliphatic carbocycles. The van der Waals surface area contributed by atoms with E-state index in [9.17, 15) is 13.2 Å². The third-order valence-corrected chi connectivity index (χ3v) is 4.91. The molecular weight excluding hydrogens is 342 g/mol. The molecule has 1 aromatic carbocycles. The van der Waals surface area contributed by atoms with Gasteiger partial charge >= 0.3 is 5.97 Å². The van der Waals surface area contributed by atoms with Crippen LogP contribution in [0.4, 0.5) is 0 Å². The first-order valence-electron chi connectivity index (χ1n) is 6.84. The minimum Gasteiger partial charge on any atom is -0.469 e. The Balaban J connectivity index is 2.02. The van der Waals surface area contributed by atoms with Crippen LogP contribution in [0.3, 0.4) is 0 Å². The Morgan fingerprint density at radius 2 is 2.13 bits per heavy atom. The molecule has 6 nitrogen and oxygen atoms in total. The predicted octanol–water partition coefficient (Wildman–Crippen LogP) is 2.63. The van der Waals surface area contributed by atoms with Gasteiger partial charge in [-0.25, -0.2) is 17.9 Å². The fourth-order valence-electron chi connectivity index (χ4n) is 1.95. The van der Waals surface area contributed by atoms with Gasteiger partial charge < -0.3 is 9.15 Å². The summed E-state index contributed by atoms with van der Waals surface area (Å²) in [5, 5.41) is 0.133. The van der Waals surface area contributed by atoms with Crippen molar-refractivity contribution >= 4 is 27.6 Å². The number of furan rings is 1. The summed E-state index contributed by atoms with van der Waals surface area (Å²) in [6.07, 6.45) is 2.79. The number of esters is 1. The number of benzene rings is 1. The highest BCUT2D eigenvalue weighted by Crippen LogP contribution is 2.21. The monoisotopic (exact) mass is 357 g/mol. The summed E-state index contributed by atoms with van der Waals surface area (Å²) >= 11 is 5.88. The van der Waals surface area contributed by atoms with E-state index < -0.39 is 16.0 Å². The fourth-order valence-corrected chi connectivity index (χ4v) is 3.24. The number of ether oxygens (including phenoxy) is 1. The Morgan fingerprint density at radius 3 is 2.78 bits per heavy atom. The molecule has 0 amide bonds. The maximum atomic E-state index is 12.2. The van der Waals surface area contributed by atoms with E-state index >= 15 is 0 Å². The Kier molecular flexibility index (Phi) is 5.81. The molecule has 8 heteroatoms. The first-order chi connectivity index (χ1) is 10.9. The Bertz CT molecular complexity index is 771. The van der Waals surface area contributed by atoms with Crippen molar-refractivity contribution in [1.29, 1.82) is 0 Å². The van der Waals surface area contributed by atoms with Crippen molar-refractivity contribution in [3.63, 3.8) is 0 Å². The molecule has 2 aromatic rings. The van der Waals surface area contributed by atoms with Crippen LogP contribution in [-0.2, 0) is 21.2 Å². The number of rotatable bonds is 7. The van der Waals surface area contributed by atoms with Gasteiger partial charge in [-0.2, -0.15) is 0 Å². The van der Waals surface area contributed by atoms with Crippen LogP contribution in [-0.4, -0.2) is 28.0 Å². The summed E-state index contributed by atoms with van der Waals surface area (Å²) in [6.45, 7) is 0.249. The van der Waals surface area contributed by atoms with Crippen molar-refractivity contribution in [3.05, 3.63) is 52.9 Å². The molecule has 124 valence electrons. The van der Waals surface area contributed by atoms with Crippen LogP contribution in [0.2, 0.25) is 5.02 Å². The van der Waals surface area contributed by atoms with Crippen LogP contribution in [0.15, 0.2) is 45.9 Å². The van der Waals surface area contributed by atoms with Gasteiger partial charge in [-0.3, -0.25) is 0 Å². The van der Waals surface area contributed by atoms with E-state index in [-0.39, 0.29) is 22.0 Å². The highest BCUT2D eigenvalue weighted by molar-refractivity contribution is 7.89. The average molecular weight is 358 g/mol. The first kappa shape index (κ1) is 17.5. The van der Waals surface area contributed by atoms with Gasteiger partial charge in [-0.1, -0.05) is 11.6 Å². The molecule has 0 spiro atoms. The lowest BCUT2D eigenvalue weighted by molar-refractivity contribution is 0.0600. The lowest BCUT2D eigenvalue weighted by Crippen LogP contribution is -2.25. The first-order valence-corrected chi connectivity index (χ1v) is 8.70. The van der Waals surface area contributed by atoms with Crippen molar-refractivity contribution < 1.29 is 22.4 Å². The van der Waals surface area contributed by atoms with Gasteiger partial charge in [0.25, 0.3) is 0 Å². The molecule has 0 unspecified atom stereocenters. The number of methoxy groups -OCH3 is 1. The number of sulfonamides is 1. The maximum Gasteiger partial charge on any atom is 0.339 e. The molecule has 0 aliphatic heterocycles. The van der Waals surface area contributed by atoms with Crippen LogP contribution in [0.1, 0.15) is 22.5 Å². The van der Waals surface area contributed by atoms with Crippen LogP contribution in [0.5, 0.6) is 0 Å². The summed E-state index contributed by atoms with van der Waals surface area (Å²) in [5.41, 5.74) is 0.00706. The highest BCUT2D eigenvalue weighted by atomic mass is 35.5. The van der Waals surface area contributed by atoms with Crippen molar-refractivity contribution in [2.75, 3.05) is 13.7 Å². The van der Waals surface area contributed by atoms with Gasteiger partial charge in [0.05, 0.1) is 28.9 Å². The molecular formula is C15H16ClNO5S. The zero-order valence-corrected chi connectivity index (χ0v) is 14.0. The fraction of sp³-hybridized carbons (Fsp3) is 0.267. The van der Waals surface area contributed by atoms with Crippen molar-refractivity contribution in [3.8, 4) is 0 Å². The molecule has 0 atom stereocenters. The zero-order valence-electron chi connectivity index (χ0n) is 12.4. The number of halogens is 1. The summed E-state index contributed by atoms with van der Waals surface area (Å²) < 4.78 is 36.7. The number of carbonyl (C=O) groups is 1. The molecule has 1 heterocycles. The number of nitrogens with one attached hydrogen (secondary N) is 1. The summed E-state index contributed by atoms with van der Waals surface area (Å²) in [5.74, 6) is 0.105. The summed E-state index contributed by atoms with van der Waals surface area (Å²) in [7, 11) is -2.53. The van der Waals surface area contributed by atoms with Crippen LogP contribution in [0, 0.1) is 0 Å². The number of hydrogen-bond acceptors (Lipinski definition) is 5. The summed E-state index contributed by atoms with van der Waals surface area (Å²) in [6, 6.07) is 7.50. The molecule has 0 saturated heterocycles. The van der Waals surface area contributed by atoms with E-state index in [4.69, 9.17) is 16.0 Å². The van der Waals surface area contributed by atoms with E-state index in [0.717, 1.165) is 5.76 Å². The highest BCUT2D eigenvalue weighted by Gasteiger charge is 2.18. The van der Waals surface area contributed by atoms with Gasteiger partial charge in [0.15, 0.2) is 0 Å². The van der Waals surface area contributed by atoms with Gasteiger partial charge in [-0.05, 0) is 36.8 Å². The Hall–Kier alpha value is -1.83. The molecule has 1 N–H and O–H groups in total. The maximum absolute atomic E-state index is 12.2. The molecule has 23 heavy (non-hydrogen) atoms. The van der Waals surface area contributed by atoms with Crippen molar-refractivity contribution in [1.82, 2.24) is 4.72 Å². The number of carbonyl (C=O) groups excluding carboxylic acids is 1. The van der Waals surface area contributed by atoms with E-state index in [0.29, 0.717) is 12.8 Å². The quantitative estimate of drug-likeness (QED) is 0.608. The van der Waals surface area contributed by atoms with Crippen molar-refractivity contribution in [2.24, 2.45) is 0 Å². The molecule has 0 radical (unpaired) electrons. The van der Waals surface area contributed by atoms with Crippen LogP contribution < -0.4 is 4.72 Å². The van der Waals surface area contributed by atoms with Crippen LogP contribution in [0.25, 0.3) is 0 Å². The Morgan fingerprint density at radius 1 is 1.35 bits per heavy atom. The van der Waals surface area contributed by atoms with Gasteiger partial charge in [0.1, 0.15) is 5.76 Å². The van der Waals surface area contributed by atoms with Gasteiger partial charge in [0, 0.05) is 13.0 Å². The summed E-state index contributed by atoms with van der Waals surface area (Å²) in [4.78, 5) is 11.5. The third kappa shape index (κ3) is 4.57. The number of aryl methyl sites for hydroxylation is 1. The normalized spacial score (nSPS) is 11.4. The van der Waals surface area contributed by atoms with Crippen LogP contribution >= 0.6 is 11.6 Å². The number of hydrogen-bond donors (Lipinski definition) is 1. The second kappa shape index (κ2) is 7.63. The molecule has 0 saturated carbocycles. The molecule has 0 aliphatic rings. The van der Waals surface area contributed by atoms with Crippen molar-refractivity contribution in [2.45, 2.75) is 17.7 Å². The van der Waals surface area contributed by atoms with E-state index in [1.165, 1.54) is 25.3 Å². The van der Waals surface area contributed by atoms with Gasteiger partial charge in [0.2, 0.25) is 10.0 Å². The van der Waals surface area contributed by atoms with E-state index in [1.54, 1.807) is 12.3 Å². The minimum atomic E-state index is -3.73. The van der Waals surface area contributed by atoms with E-state index in [2.05, 4.69) is 9.46 Å². The largest absolute Gasteiger partial charge is 0.469 e.